The lowest BCUT2D eigenvalue weighted by molar-refractivity contribution is 1.07. The molecule has 3 aromatic rings. The van der Waals surface area contributed by atoms with E-state index < -0.39 is 0 Å². The van der Waals surface area contributed by atoms with Crippen molar-refractivity contribution in [2.75, 3.05) is 0 Å². The summed E-state index contributed by atoms with van der Waals surface area (Å²) in [4.78, 5) is 1.20. The van der Waals surface area contributed by atoms with Crippen molar-refractivity contribution in [1.29, 1.82) is 0 Å². The number of aromatic amines is 1. The lowest BCUT2D eigenvalue weighted by atomic mass is 10.0. The Morgan fingerprint density at radius 2 is 2.05 bits per heavy atom. The summed E-state index contributed by atoms with van der Waals surface area (Å²) in [5, 5.41) is 9.49. The van der Waals surface area contributed by atoms with Gasteiger partial charge in [-0.1, -0.05) is 43.0 Å². The Bertz CT molecular complexity index is 675. The molecule has 2 heterocycles. The van der Waals surface area contributed by atoms with E-state index in [0.717, 1.165) is 23.4 Å². The van der Waals surface area contributed by atoms with Crippen LogP contribution >= 0.6 is 11.3 Å². The number of benzene rings is 1. The van der Waals surface area contributed by atoms with E-state index in [1.165, 1.54) is 10.4 Å². The van der Waals surface area contributed by atoms with Crippen molar-refractivity contribution in [3.63, 3.8) is 0 Å². The third kappa shape index (κ3) is 2.66. The van der Waals surface area contributed by atoms with Crippen molar-refractivity contribution in [2.24, 2.45) is 0 Å². The molecule has 3 rings (SSSR count). The molecule has 0 saturated heterocycles. The highest BCUT2D eigenvalue weighted by molar-refractivity contribution is 7.13. The largest absolute Gasteiger partial charge is 0.276 e. The smallest absolute Gasteiger partial charge is 0.0884 e. The van der Waals surface area contributed by atoms with Gasteiger partial charge >= 0.3 is 0 Å². The van der Waals surface area contributed by atoms with E-state index in [0.29, 0.717) is 0 Å². The van der Waals surface area contributed by atoms with Crippen LogP contribution in [0.3, 0.4) is 0 Å². The van der Waals surface area contributed by atoms with Gasteiger partial charge in [-0.2, -0.15) is 5.10 Å². The molecule has 1 N–H and O–H groups in total. The number of aromatic nitrogens is 2. The fourth-order valence-corrected chi connectivity index (χ4v) is 2.69. The number of rotatable bonds is 4. The van der Waals surface area contributed by atoms with Gasteiger partial charge in [-0.3, -0.25) is 5.10 Å². The summed E-state index contributed by atoms with van der Waals surface area (Å²) >= 11 is 1.70. The first-order valence-electron chi connectivity index (χ1n) is 6.14. The summed E-state index contributed by atoms with van der Waals surface area (Å²) in [6.45, 7) is 4.14. The molecule has 0 spiro atoms. The summed E-state index contributed by atoms with van der Waals surface area (Å²) in [5.41, 5.74) is 4.28. The van der Waals surface area contributed by atoms with Crippen molar-refractivity contribution in [1.82, 2.24) is 10.2 Å². The Kier molecular flexibility index (Phi) is 3.29. The minimum atomic E-state index is 0. The molecule has 3 heteroatoms. The van der Waals surface area contributed by atoms with Gasteiger partial charge in [0.15, 0.2) is 0 Å². The summed E-state index contributed by atoms with van der Waals surface area (Å²) in [6, 6.07) is 16.5. The zero-order valence-electron chi connectivity index (χ0n) is 10.5. The molecule has 0 aliphatic heterocycles. The maximum atomic E-state index is 4.35. The van der Waals surface area contributed by atoms with E-state index in [4.69, 9.17) is 0 Å². The Morgan fingerprint density at radius 3 is 2.79 bits per heavy atom. The molecule has 0 aliphatic carbocycles. The van der Waals surface area contributed by atoms with Crippen LogP contribution in [-0.2, 0) is 6.42 Å². The molecule has 1 aromatic carbocycles. The molecule has 0 radical (unpaired) electrons. The summed E-state index contributed by atoms with van der Waals surface area (Å²) < 4.78 is 0. The normalized spacial score (nSPS) is 10.5. The summed E-state index contributed by atoms with van der Waals surface area (Å²) in [6.07, 6.45) is 0.829. The van der Waals surface area contributed by atoms with Crippen molar-refractivity contribution >= 4 is 16.9 Å². The Morgan fingerprint density at radius 1 is 1.21 bits per heavy atom. The molecule has 0 atom stereocenters. The highest BCUT2D eigenvalue weighted by Gasteiger charge is 2.07. The maximum absolute atomic E-state index is 4.35. The predicted molar refractivity (Wildman–Crippen MR) is 85.3 cm³/mol. The topological polar surface area (TPSA) is 28.7 Å². The van der Waals surface area contributed by atoms with Crippen LogP contribution in [0.4, 0.5) is 0 Å². The highest BCUT2D eigenvalue weighted by atomic mass is 32.1. The van der Waals surface area contributed by atoms with Gasteiger partial charge in [0.1, 0.15) is 0 Å². The summed E-state index contributed by atoms with van der Waals surface area (Å²) in [7, 11) is 0. The van der Waals surface area contributed by atoms with Gasteiger partial charge in [-0.05, 0) is 35.1 Å². The van der Waals surface area contributed by atoms with E-state index in [-0.39, 0.29) is 2.85 Å². The predicted octanol–water partition coefficient (Wildman–Crippen LogP) is 4.89. The first-order chi connectivity index (χ1) is 9.33. The zero-order chi connectivity index (χ0) is 13.1. The van der Waals surface area contributed by atoms with Gasteiger partial charge in [-0.15, -0.1) is 11.3 Å². The minimum absolute atomic E-state index is 0. The molecule has 19 heavy (non-hydrogen) atoms. The number of H-pyrrole nitrogens is 1. The number of allylic oxidation sites excluding steroid dienone is 1. The van der Waals surface area contributed by atoms with Crippen LogP contribution in [0.15, 0.2) is 60.5 Å². The van der Waals surface area contributed by atoms with Crippen LogP contribution in [0.1, 0.15) is 14.1 Å². The zero-order valence-corrected chi connectivity index (χ0v) is 11.3. The van der Waals surface area contributed by atoms with E-state index in [1.807, 2.05) is 24.3 Å². The van der Waals surface area contributed by atoms with Crippen molar-refractivity contribution < 1.29 is 2.85 Å². The third-order valence-corrected chi connectivity index (χ3v) is 3.89. The van der Waals surface area contributed by atoms with Crippen LogP contribution in [0.25, 0.3) is 16.1 Å². The van der Waals surface area contributed by atoms with E-state index in [2.05, 4.69) is 46.4 Å². The van der Waals surface area contributed by atoms with Gasteiger partial charge in [0.25, 0.3) is 0 Å². The van der Waals surface area contributed by atoms with Gasteiger partial charge in [0.05, 0.1) is 16.3 Å². The van der Waals surface area contributed by atoms with Gasteiger partial charge < -0.3 is 0 Å². The standard InChI is InChI=1S/C16H14N2S.2H2/c1-12(10-13-6-3-2-4-7-13)14-11-15(18-17-14)16-8-5-9-19-16;;/h2-9,11H,1,10H2,(H,17,18);2*1H. The molecule has 0 amide bonds. The maximum Gasteiger partial charge on any atom is 0.0884 e. The lowest BCUT2D eigenvalue weighted by Crippen LogP contribution is -1.89. The second-order valence-corrected chi connectivity index (χ2v) is 5.36. The van der Waals surface area contributed by atoms with Crippen molar-refractivity contribution in [2.45, 2.75) is 6.42 Å². The first-order valence-corrected chi connectivity index (χ1v) is 7.02. The van der Waals surface area contributed by atoms with E-state index in [1.54, 1.807) is 11.3 Å². The molecule has 0 aliphatic rings. The number of nitrogens with one attached hydrogen (secondary N) is 1. The van der Waals surface area contributed by atoms with E-state index >= 15 is 0 Å². The van der Waals surface area contributed by atoms with Crippen LogP contribution in [0, 0.1) is 0 Å². The van der Waals surface area contributed by atoms with Gasteiger partial charge in [-0.25, -0.2) is 0 Å². The molecule has 0 bridgehead atoms. The molecule has 0 saturated carbocycles. The fourth-order valence-electron chi connectivity index (χ4n) is 1.99. The highest BCUT2D eigenvalue weighted by Crippen LogP contribution is 2.25. The molecular formula is C16H18N2S. The van der Waals surface area contributed by atoms with Crippen molar-refractivity contribution in [3.05, 3.63) is 71.7 Å². The quantitative estimate of drug-likeness (QED) is 0.718. The molecular weight excluding hydrogens is 252 g/mol. The summed E-state index contributed by atoms with van der Waals surface area (Å²) in [5.74, 6) is 0. The molecule has 98 valence electrons. The number of nitrogens with zero attached hydrogens (tertiary/aromatic N) is 1. The van der Waals surface area contributed by atoms with E-state index in [9.17, 15) is 0 Å². The number of hydrogen-bond donors (Lipinski definition) is 1. The molecule has 0 unspecified atom stereocenters. The monoisotopic (exact) mass is 270 g/mol. The van der Waals surface area contributed by atoms with Crippen LogP contribution in [0.5, 0.6) is 0 Å². The Balaban J connectivity index is 0.00000110. The second kappa shape index (κ2) is 5.24. The average molecular weight is 270 g/mol. The Labute approximate surface area is 119 Å². The third-order valence-electron chi connectivity index (χ3n) is 2.99. The van der Waals surface area contributed by atoms with Crippen LogP contribution < -0.4 is 0 Å². The van der Waals surface area contributed by atoms with Crippen molar-refractivity contribution in [3.8, 4) is 10.6 Å². The minimum Gasteiger partial charge on any atom is -0.276 e. The first kappa shape index (κ1) is 11.9. The van der Waals surface area contributed by atoms with Crippen LogP contribution in [-0.4, -0.2) is 10.2 Å². The SMILES string of the molecule is C=C(Cc1ccccc1)c1cc(-c2cccs2)[nH]n1.[HH].[HH]. The number of thiophene rings is 1. The lowest BCUT2D eigenvalue weighted by Gasteiger charge is -2.01. The van der Waals surface area contributed by atoms with Gasteiger partial charge in [0, 0.05) is 2.85 Å². The number of hydrogen-bond acceptors (Lipinski definition) is 2. The van der Waals surface area contributed by atoms with Crippen LogP contribution in [0.2, 0.25) is 0 Å². The molecule has 2 nitrogen and oxygen atoms in total. The average Bonchev–Trinajstić information content (AvgIpc) is 3.11. The fraction of sp³-hybridized carbons (Fsp3) is 0.0625. The second-order valence-electron chi connectivity index (χ2n) is 4.41. The Hall–Kier alpha value is -2.13. The molecule has 2 aromatic heterocycles. The molecule has 0 fully saturated rings. The van der Waals surface area contributed by atoms with Gasteiger partial charge in [0.2, 0.25) is 0 Å².